The number of carbonyl (C=O) groups is 1. The molecule has 35 heavy (non-hydrogen) atoms. The fourth-order valence-corrected chi connectivity index (χ4v) is 5.59. The highest BCUT2D eigenvalue weighted by Gasteiger charge is 2.34. The van der Waals surface area contributed by atoms with Gasteiger partial charge in [0.1, 0.15) is 0 Å². The zero-order chi connectivity index (χ0) is 25.4. The molecule has 0 amide bonds. The van der Waals surface area contributed by atoms with Crippen molar-refractivity contribution >= 4 is 5.97 Å². The lowest BCUT2D eigenvalue weighted by atomic mass is 10.0. The summed E-state index contributed by atoms with van der Waals surface area (Å²) < 4.78 is 4.98. The third kappa shape index (κ3) is 22.4. The molecule has 1 aliphatic rings. The second kappa shape index (κ2) is 23.8. The van der Waals surface area contributed by atoms with E-state index in [1.807, 2.05) is 6.92 Å². The number of nitrogens with zero attached hydrogens (tertiary/aromatic N) is 1. The van der Waals surface area contributed by atoms with Gasteiger partial charge in [-0.05, 0) is 58.7 Å². The Morgan fingerprint density at radius 1 is 0.600 bits per heavy atom. The molecule has 2 atom stereocenters. The van der Waals surface area contributed by atoms with Gasteiger partial charge in [0.2, 0.25) is 0 Å². The fraction of sp³-hybridized carbons (Fsp3) is 0.969. The second-order valence-electron chi connectivity index (χ2n) is 11.8. The Hall–Kier alpha value is -0.570. The summed E-state index contributed by atoms with van der Waals surface area (Å²) in [5, 5.41) is 0. The molecular formula is C32H63NO2. The molecule has 208 valence electrons. The van der Waals surface area contributed by atoms with Crippen LogP contribution in [0.4, 0.5) is 0 Å². The van der Waals surface area contributed by atoms with Gasteiger partial charge in [-0.25, -0.2) is 0 Å². The SMILES string of the molecule is CCOC(=O)CCCCCCCC1CC1CCCCCCCCCCCCCCCCCN(C)C. The summed E-state index contributed by atoms with van der Waals surface area (Å²) >= 11 is 0. The van der Waals surface area contributed by atoms with Crippen LogP contribution >= 0.6 is 0 Å². The number of hydrogen-bond acceptors (Lipinski definition) is 3. The quantitative estimate of drug-likeness (QED) is 0.0842. The van der Waals surface area contributed by atoms with Crippen LogP contribution in [0.3, 0.4) is 0 Å². The summed E-state index contributed by atoms with van der Waals surface area (Å²) in [5.41, 5.74) is 0. The molecular weight excluding hydrogens is 430 g/mol. The van der Waals surface area contributed by atoms with Crippen LogP contribution in [0, 0.1) is 11.8 Å². The first-order valence-electron chi connectivity index (χ1n) is 15.9. The summed E-state index contributed by atoms with van der Waals surface area (Å²) in [4.78, 5) is 13.6. The molecule has 0 aromatic rings. The highest BCUT2D eigenvalue weighted by atomic mass is 16.5. The van der Waals surface area contributed by atoms with E-state index in [0.29, 0.717) is 13.0 Å². The highest BCUT2D eigenvalue weighted by molar-refractivity contribution is 5.69. The van der Waals surface area contributed by atoms with Crippen LogP contribution < -0.4 is 0 Å². The van der Waals surface area contributed by atoms with Gasteiger partial charge < -0.3 is 9.64 Å². The first-order valence-corrected chi connectivity index (χ1v) is 15.9. The number of unbranched alkanes of at least 4 members (excludes halogenated alkanes) is 18. The Morgan fingerprint density at radius 2 is 0.971 bits per heavy atom. The summed E-state index contributed by atoms with van der Waals surface area (Å²) in [6.07, 6.45) is 33.1. The van der Waals surface area contributed by atoms with E-state index >= 15 is 0 Å². The molecule has 0 N–H and O–H groups in total. The molecule has 3 nitrogen and oxygen atoms in total. The molecule has 0 aromatic heterocycles. The Labute approximate surface area is 220 Å². The van der Waals surface area contributed by atoms with Crippen LogP contribution in [-0.2, 0) is 9.53 Å². The smallest absolute Gasteiger partial charge is 0.305 e. The van der Waals surface area contributed by atoms with E-state index < -0.39 is 0 Å². The monoisotopic (exact) mass is 493 g/mol. The molecule has 2 unspecified atom stereocenters. The lowest BCUT2D eigenvalue weighted by Crippen LogP contribution is -2.12. The topological polar surface area (TPSA) is 29.5 Å². The maximum Gasteiger partial charge on any atom is 0.305 e. The molecule has 1 fully saturated rings. The van der Waals surface area contributed by atoms with Crippen molar-refractivity contribution in [2.45, 2.75) is 161 Å². The Morgan fingerprint density at radius 3 is 1.37 bits per heavy atom. The van der Waals surface area contributed by atoms with Crippen molar-refractivity contribution in [1.29, 1.82) is 0 Å². The lowest BCUT2D eigenvalue weighted by Gasteiger charge is -2.08. The molecule has 0 spiro atoms. The van der Waals surface area contributed by atoms with E-state index in [0.717, 1.165) is 18.3 Å². The van der Waals surface area contributed by atoms with Gasteiger partial charge in [-0.15, -0.1) is 0 Å². The minimum absolute atomic E-state index is 0.0217. The van der Waals surface area contributed by atoms with E-state index in [9.17, 15) is 4.79 Å². The Balaban J connectivity index is 1.69. The number of hydrogen-bond donors (Lipinski definition) is 0. The fourth-order valence-electron chi connectivity index (χ4n) is 5.59. The number of esters is 1. The van der Waals surface area contributed by atoms with Crippen molar-refractivity contribution < 1.29 is 9.53 Å². The molecule has 0 bridgehead atoms. The van der Waals surface area contributed by atoms with Gasteiger partial charge in [-0.1, -0.05) is 128 Å². The minimum atomic E-state index is -0.0217. The van der Waals surface area contributed by atoms with Gasteiger partial charge in [-0.3, -0.25) is 4.79 Å². The summed E-state index contributed by atoms with van der Waals surface area (Å²) in [6, 6.07) is 0. The normalized spacial score (nSPS) is 17.3. The summed E-state index contributed by atoms with van der Waals surface area (Å²) in [5.74, 6) is 2.10. The lowest BCUT2D eigenvalue weighted by molar-refractivity contribution is -0.143. The van der Waals surface area contributed by atoms with Crippen LogP contribution in [0.15, 0.2) is 0 Å². The molecule has 1 rings (SSSR count). The zero-order valence-corrected chi connectivity index (χ0v) is 24.3. The van der Waals surface area contributed by atoms with E-state index in [2.05, 4.69) is 19.0 Å². The standard InChI is InChI=1S/C32H63NO2/c1-4-35-32(34)27-23-19-16-18-22-26-31-29-30(31)25-21-17-14-12-10-8-6-5-7-9-11-13-15-20-24-28-33(2)3/h30-31H,4-29H2,1-3H3. The van der Waals surface area contributed by atoms with Gasteiger partial charge in [-0.2, -0.15) is 0 Å². The van der Waals surface area contributed by atoms with Crippen LogP contribution in [0.2, 0.25) is 0 Å². The predicted molar refractivity (Wildman–Crippen MR) is 153 cm³/mol. The molecule has 1 saturated carbocycles. The predicted octanol–water partition coefficient (Wildman–Crippen LogP) is 9.72. The largest absolute Gasteiger partial charge is 0.466 e. The molecule has 0 aliphatic heterocycles. The average molecular weight is 494 g/mol. The van der Waals surface area contributed by atoms with Crippen LogP contribution in [0.25, 0.3) is 0 Å². The van der Waals surface area contributed by atoms with Gasteiger partial charge in [0, 0.05) is 6.42 Å². The Bertz CT molecular complexity index is 464. The highest BCUT2D eigenvalue weighted by Crippen LogP contribution is 2.45. The third-order valence-electron chi connectivity index (χ3n) is 8.01. The van der Waals surface area contributed by atoms with E-state index in [1.165, 1.54) is 148 Å². The molecule has 1 aliphatic carbocycles. The summed E-state index contributed by atoms with van der Waals surface area (Å²) in [6.45, 7) is 3.65. The molecule has 0 saturated heterocycles. The van der Waals surface area contributed by atoms with Gasteiger partial charge >= 0.3 is 5.97 Å². The van der Waals surface area contributed by atoms with Crippen molar-refractivity contribution in [2.75, 3.05) is 27.2 Å². The van der Waals surface area contributed by atoms with Gasteiger partial charge in [0.15, 0.2) is 0 Å². The number of carbonyl (C=O) groups excluding carboxylic acids is 1. The Kier molecular flexibility index (Phi) is 22.1. The molecule has 0 radical (unpaired) electrons. The maximum absolute atomic E-state index is 11.3. The average Bonchev–Trinajstić information content (AvgIpc) is 3.58. The summed E-state index contributed by atoms with van der Waals surface area (Å²) in [7, 11) is 4.35. The van der Waals surface area contributed by atoms with Gasteiger partial charge in [0.05, 0.1) is 6.61 Å². The van der Waals surface area contributed by atoms with Crippen molar-refractivity contribution in [1.82, 2.24) is 4.90 Å². The third-order valence-corrected chi connectivity index (χ3v) is 8.01. The molecule has 0 aromatic carbocycles. The van der Waals surface area contributed by atoms with Gasteiger partial charge in [0.25, 0.3) is 0 Å². The van der Waals surface area contributed by atoms with Crippen molar-refractivity contribution in [2.24, 2.45) is 11.8 Å². The first kappa shape index (κ1) is 32.5. The van der Waals surface area contributed by atoms with Crippen LogP contribution in [-0.4, -0.2) is 38.1 Å². The van der Waals surface area contributed by atoms with E-state index in [4.69, 9.17) is 4.74 Å². The van der Waals surface area contributed by atoms with Crippen LogP contribution in [0.5, 0.6) is 0 Å². The zero-order valence-electron chi connectivity index (χ0n) is 24.3. The number of ether oxygens (including phenoxy) is 1. The minimum Gasteiger partial charge on any atom is -0.466 e. The first-order chi connectivity index (χ1) is 17.1. The number of rotatable bonds is 27. The van der Waals surface area contributed by atoms with Crippen molar-refractivity contribution in [3.05, 3.63) is 0 Å². The van der Waals surface area contributed by atoms with Crippen LogP contribution in [0.1, 0.15) is 161 Å². The molecule has 0 heterocycles. The second-order valence-corrected chi connectivity index (χ2v) is 11.8. The van der Waals surface area contributed by atoms with E-state index in [-0.39, 0.29) is 5.97 Å². The van der Waals surface area contributed by atoms with E-state index in [1.54, 1.807) is 0 Å². The van der Waals surface area contributed by atoms with Crippen molar-refractivity contribution in [3.63, 3.8) is 0 Å². The van der Waals surface area contributed by atoms with Crippen molar-refractivity contribution in [3.8, 4) is 0 Å². The maximum atomic E-state index is 11.3. The molecule has 3 heteroatoms.